The summed E-state index contributed by atoms with van der Waals surface area (Å²) >= 11 is 1.57. The third kappa shape index (κ3) is 5.55. The number of halogens is 1. The molecule has 0 saturated carbocycles. The molecule has 0 fully saturated rings. The number of rotatable bonds is 8. The van der Waals surface area contributed by atoms with Crippen molar-refractivity contribution in [2.45, 2.75) is 17.7 Å². The number of thioether (sulfide) groups is 1. The molecule has 6 nitrogen and oxygen atoms in total. The van der Waals surface area contributed by atoms with E-state index in [0.717, 1.165) is 22.0 Å². The van der Waals surface area contributed by atoms with Gasteiger partial charge in [0.1, 0.15) is 11.6 Å². The van der Waals surface area contributed by atoms with E-state index in [4.69, 9.17) is 9.15 Å². The molecule has 1 amide bonds. The molecule has 1 heterocycles. The number of ether oxygens (including phenoxy) is 1. The molecule has 0 atom stereocenters. The van der Waals surface area contributed by atoms with Crippen LogP contribution in [0.1, 0.15) is 12.8 Å². The van der Waals surface area contributed by atoms with Crippen molar-refractivity contribution in [1.29, 1.82) is 0 Å². The molecule has 27 heavy (non-hydrogen) atoms. The first-order valence-corrected chi connectivity index (χ1v) is 9.29. The van der Waals surface area contributed by atoms with Crippen LogP contribution >= 0.6 is 11.8 Å². The minimum Gasteiger partial charge on any atom is -0.497 e. The summed E-state index contributed by atoms with van der Waals surface area (Å²) in [4.78, 5) is 13.0. The predicted molar refractivity (Wildman–Crippen MR) is 101 cm³/mol. The van der Waals surface area contributed by atoms with Gasteiger partial charge in [-0.15, -0.1) is 16.9 Å². The third-order valence-corrected chi connectivity index (χ3v) is 4.74. The lowest BCUT2D eigenvalue weighted by atomic mass is 10.2. The Labute approximate surface area is 160 Å². The molecular weight excluding hydrogens is 369 g/mol. The number of methoxy groups -OCH3 is 1. The second-order valence-electron chi connectivity index (χ2n) is 5.59. The highest BCUT2D eigenvalue weighted by molar-refractivity contribution is 7.99. The van der Waals surface area contributed by atoms with Crippen molar-refractivity contribution >= 4 is 23.7 Å². The van der Waals surface area contributed by atoms with Crippen LogP contribution in [-0.2, 0) is 4.79 Å². The molecule has 0 aliphatic heterocycles. The number of nitrogens with zero attached hydrogens (tertiary/aromatic N) is 2. The average Bonchev–Trinajstić information content (AvgIpc) is 3.15. The largest absolute Gasteiger partial charge is 0.497 e. The van der Waals surface area contributed by atoms with E-state index in [1.54, 1.807) is 55.3 Å². The zero-order valence-electron chi connectivity index (χ0n) is 14.6. The van der Waals surface area contributed by atoms with Crippen molar-refractivity contribution in [1.82, 2.24) is 10.2 Å². The molecule has 3 aromatic rings. The summed E-state index contributed by atoms with van der Waals surface area (Å²) in [6.45, 7) is 0. The average molecular weight is 387 g/mol. The molecule has 3 rings (SSSR count). The standard InChI is InChI=1S/C19H18FN3O3S/c1-25-15-8-4-13(5-9-15)18-22-23-19(26-18)21-17(24)3-2-12-27-16-10-6-14(20)7-11-16/h4-11H,2-3,12H2,1H3,(H,21,23,24). The molecule has 0 aliphatic carbocycles. The minimum absolute atomic E-state index is 0.0667. The van der Waals surface area contributed by atoms with Gasteiger partial charge in [0.05, 0.1) is 7.11 Å². The van der Waals surface area contributed by atoms with E-state index in [1.807, 2.05) is 0 Å². The summed E-state index contributed by atoms with van der Waals surface area (Å²) in [6, 6.07) is 13.5. The Morgan fingerprint density at radius 1 is 1.15 bits per heavy atom. The second-order valence-corrected chi connectivity index (χ2v) is 6.76. The molecule has 140 valence electrons. The lowest BCUT2D eigenvalue weighted by molar-refractivity contribution is -0.116. The Bertz CT molecular complexity index is 882. The van der Waals surface area contributed by atoms with Crippen LogP contribution in [-0.4, -0.2) is 29.0 Å². The lowest BCUT2D eigenvalue weighted by Gasteiger charge is -2.02. The highest BCUT2D eigenvalue weighted by atomic mass is 32.2. The van der Waals surface area contributed by atoms with Crippen LogP contribution in [0.4, 0.5) is 10.4 Å². The lowest BCUT2D eigenvalue weighted by Crippen LogP contribution is -2.11. The molecule has 2 aromatic carbocycles. The Morgan fingerprint density at radius 3 is 2.59 bits per heavy atom. The van der Waals surface area contributed by atoms with Crippen LogP contribution in [0.15, 0.2) is 57.8 Å². The van der Waals surface area contributed by atoms with E-state index in [1.165, 1.54) is 12.1 Å². The highest BCUT2D eigenvalue weighted by Gasteiger charge is 2.11. The zero-order chi connectivity index (χ0) is 19.1. The van der Waals surface area contributed by atoms with E-state index in [-0.39, 0.29) is 17.7 Å². The molecule has 0 unspecified atom stereocenters. The quantitative estimate of drug-likeness (QED) is 0.456. The Balaban J connectivity index is 1.44. The first-order valence-electron chi connectivity index (χ1n) is 8.30. The smallest absolute Gasteiger partial charge is 0.322 e. The van der Waals surface area contributed by atoms with E-state index in [2.05, 4.69) is 15.5 Å². The number of hydrogen-bond acceptors (Lipinski definition) is 6. The van der Waals surface area contributed by atoms with Gasteiger partial charge in [-0.2, -0.15) is 0 Å². The fraction of sp³-hybridized carbons (Fsp3) is 0.211. The summed E-state index contributed by atoms with van der Waals surface area (Å²) < 4.78 is 23.4. The minimum atomic E-state index is -0.257. The van der Waals surface area contributed by atoms with Crippen LogP contribution in [0.25, 0.3) is 11.5 Å². The zero-order valence-corrected chi connectivity index (χ0v) is 15.5. The molecule has 0 bridgehead atoms. The van der Waals surface area contributed by atoms with Gasteiger partial charge in [-0.05, 0) is 60.7 Å². The summed E-state index contributed by atoms with van der Waals surface area (Å²) in [6.07, 6.45) is 1.00. The summed E-state index contributed by atoms with van der Waals surface area (Å²) in [5.41, 5.74) is 0.736. The number of aromatic nitrogens is 2. The van der Waals surface area contributed by atoms with Gasteiger partial charge in [0.15, 0.2) is 0 Å². The molecule has 8 heteroatoms. The maximum atomic E-state index is 12.8. The maximum absolute atomic E-state index is 12.8. The van der Waals surface area contributed by atoms with Crippen LogP contribution < -0.4 is 10.1 Å². The number of carbonyl (C=O) groups is 1. The van der Waals surface area contributed by atoms with Gasteiger partial charge < -0.3 is 9.15 Å². The normalized spacial score (nSPS) is 10.6. The van der Waals surface area contributed by atoms with Crippen molar-refractivity contribution in [3.05, 3.63) is 54.3 Å². The van der Waals surface area contributed by atoms with E-state index in [0.29, 0.717) is 18.7 Å². The van der Waals surface area contributed by atoms with Gasteiger partial charge >= 0.3 is 6.01 Å². The fourth-order valence-electron chi connectivity index (χ4n) is 2.26. The van der Waals surface area contributed by atoms with E-state index >= 15 is 0 Å². The van der Waals surface area contributed by atoms with Crippen LogP contribution in [0.3, 0.4) is 0 Å². The highest BCUT2D eigenvalue weighted by Crippen LogP contribution is 2.23. The Morgan fingerprint density at radius 2 is 1.89 bits per heavy atom. The molecular formula is C19H18FN3O3S. The van der Waals surface area contributed by atoms with Gasteiger partial charge in [-0.25, -0.2) is 4.39 Å². The number of carbonyl (C=O) groups excluding carboxylic acids is 1. The fourth-order valence-corrected chi connectivity index (χ4v) is 3.11. The maximum Gasteiger partial charge on any atom is 0.322 e. The topological polar surface area (TPSA) is 77.3 Å². The van der Waals surface area contributed by atoms with E-state index < -0.39 is 0 Å². The molecule has 1 aromatic heterocycles. The first-order chi connectivity index (χ1) is 13.1. The SMILES string of the molecule is COc1ccc(-c2nnc(NC(=O)CCCSc3ccc(F)cc3)o2)cc1. The molecule has 1 N–H and O–H groups in total. The summed E-state index contributed by atoms with van der Waals surface area (Å²) in [7, 11) is 1.59. The second kappa shape index (κ2) is 9.18. The van der Waals surface area contributed by atoms with Crippen LogP contribution in [0.5, 0.6) is 5.75 Å². The van der Waals surface area contributed by atoms with Gasteiger partial charge in [0.2, 0.25) is 11.8 Å². The molecule has 0 spiro atoms. The Kier molecular flexibility index (Phi) is 6.43. The summed E-state index contributed by atoms with van der Waals surface area (Å²) in [5, 5.41) is 10.4. The third-order valence-electron chi connectivity index (χ3n) is 3.64. The molecule has 0 radical (unpaired) electrons. The molecule has 0 saturated heterocycles. The number of anilines is 1. The number of hydrogen-bond donors (Lipinski definition) is 1. The number of benzene rings is 2. The Hall–Kier alpha value is -2.87. The van der Waals surface area contributed by atoms with Gasteiger partial charge in [-0.3, -0.25) is 10.1 Å². The monoisotopic (exact) mass is 387 g/mol. The van der Waals surface area contributed by atoms with Crippen molar-refractivity contribution < 1.29 is 18.3 Å². The van der Waals surface area contributed by atoms with E-state index in [9.17, 15) is 9.18 Å². The van der Waals surface area contributed by atoms with Crippen LogP contribution in [0.2, 0.25) is 0 Å². The van der Waals surface area contributed by atoms with Crippen molar-refractivity contribution in [2.24, 2.45) is 0 Å². The predicted octanol–water partition coefficient (Wildman–Crippen LogP) is 4.40. The van der Waals surface area contributed by atoms with Gasteiger partial charge in [0, 0.05) is 16.9 Å². The van der Waals surface area contributed by atoms with Crippen molar-refractivity contribution in [3.8, 4) is 17.2 Å². The van der Waals surface area contributed by atoms with Gasteiger partial charge in [-0.1, -0.05) is 5.10 Å². The summed E-state index contributed by atoms with van der Waals surface area (Å²) in [5.74, 6) is 1.34. The van der Waals surface area contributed by atoms with Crippen molar-refractivity contribution in [3.63, 3.8) is 0 Å². The van der Waals surface area contributed by atoms with Crippen molar-refractivity contribution in [2.75, 3.05) is 18.2 Å². The number of nitrogens with one attached hydrogen (secondary N) is 1. The number of amides is 1. The first kappa shape index (κ1) is 18.9. The molecule has 0 aliphatic rings. The van der Waals surface area contributed by atoms with Gasteiger partial charge in [0.25, 0.3) is 0 Å². The van der Waals surface area contributed by atoms with Crippen LogP contribution in [0, 0.1) is 5.82 Å².